The van der Waals surface area contributed by atoms with Gasteiger partial charge >= 0.3 is 5.97 Å². The Bertz CT molecular complexity index is 512. The van der Waals surface area contributed by atoms with Crippen LogP contribution in [0.3, 0.4) is 0 Å². The zero-order valence-electron chi connectivity index (χ0n) is 10.3. The van der Waals surface area contributed by atoms with Crippen molar-refractivity contribution < 1.29 is 14.3 Å². The average Bonchev–Trinajstić information content (AvgIpc) is 2.80. The molecule has 94 valence electrons. The highest BCUT2D eigenvalue weighted by molar-refractivity contribution is 5.87. The zero-order valence-corrected chi connectivity index (χ0v) is 10.3. The number of benzene rings is 1. The quantitative estimate of drug-likeness (QED) is 0.703. The van der Waals surface area contributed by atoms with E-state index in [2.05, 4.69) is 6.07 Å². The van der Waals surface area contributed by atoms with Crippen molar-refractivity contribution in [3.8, 4) is 0 Å². The van der Waals surface area contributed by atoms with Gasteiger partial charge in [-0.05, 0) is 17.5 Å². The third-order valence-electron chi connectivity index (χ3n) is 3.89. The number of carbonyl (C=O) groups is 2. The number of hydrogen-bond donors (Lipinski definition) is 0. The van der Waals surface area contributed by atoms with Crippen LogP contribution >= 0.6 is 0 Å². The lowest BCUT2D eigenvalue weighted by Crippen LogP contribution is -2.48. The summed E-state index contributed by atoms with van der Waals surface area (Å²) in [4.78, 5) is 25.5. The number of carbonyl (C=O) groups excluding carboxylic acids is 2. The molecule has 0 aromatic heterocycles. The van der Waals surface area contributed by atoms with Crippen LogP contribution in [0.25, 0.3) is 0 Å². The topological polar surface area (TPSA) is 46.6 Å². The van der Waals surface area contributed by atoms with Gasteiger partial charge in [-0.1, -0.05) is 24.3 Å². The van der Waals surface area contributed by atoms with Gasteiger partial charge in [0, 0.05) is 12.8 Å². The summed E-state index contributed by atoms with van der Waals surface area (Å²) < 4.78 is 4.83. The number of rotatable bonds is 1. The fourth-order valence-electron chi connectivity index (χ4n) is 3.08. The number of ether oxygens (including phenoxy) is 1. The average molecular weight is 245 g/mol. The van der Waals surface area contributed by atoms with Crippen LogP contribution in [0.1, 0.15) is 30.0 Å². The second-order valence-electron chi connectivity index (χ2n) is 4.80. The predicted molar refractivity (Wildman–Crippen MR) is 64.8 cm³/mol. The molecule has 1 amide bonds. The van der Waals surface area contributed by atoms with Gasteiger partial charge in [-0.2, -0.15) is 0 Å². The first-order valence-electron chi connectivity index (χ1n) is 6.19. The van der Waals surface area contributed by atoms with Crippen molar-refractivity contribution in [2.24, 2.45) is 0 Å². The smallest absolute Gasteiger partial charge is 0.328 e. The van der Waals surface area contributed by atoms with Crippen LogP contribution in [0.2, 0.25) is 0 Å². The van der Waals surface area contributed by atoms with E-state index in [0.29, 0.717) is 12.8 Å². The fourth-order valence-corrected chi connectivity index (χ4v) is 3.08. The lowest BCUT2D eigenvalue weighted by atomic mass is 9.89. The van der Waals surface area contributed by atoms with Gasteiger partial charge in [-0.25, -0.2) is 4.79 Å². The standard InChI is InChI=1S/C14H15NO3/c1-18-14(17)12-8-9-4-2-3-5-10(9)11-6-7-13(16)15(11)12/h2-5,11-12H,6-8H2,1H3/t11-,12+/m1/s1. The van der Waals surface area contributed by atoms with Crippen molar-refractivity contribution in [1.82, 2.24) is 4.90 Å². The molecule has 1 aromatic rings. The van der Waals surface area contributed by atoms with E-state index in [1.54, 1.807) is 4.90 Å². The Morgan fingerprint density at radius 3 is 2.94 bits per heavy atom. The molecule has 0 N–H and O–H groups in total. The Morgan fingerprint density at radius 2 is 2.17 bits per heavy atom. The molecule has 1 aromatic carbocycles. The molecule has 2 aliphatic heterocycles. The van der Waals surface area contributed by atoms with E-state index in [-0.39, 0.29) is 17.9 Å². The van der Waals surface area contributed by atoms with Crippen LogP contribution in [-0.4, -0.2) is 29.9 Å². The second kappa shape index (κ2) is 4.12. The minimum atomic E-state index is -0.454. The van der Waals surface area contributed by atoms with Crippen LogP contribution < -0.4 is 0 Å². The molecule has 0 radical (unpaired) electrons. The molecule has 0 bridgehead atoms. The van der Waals surface area contributed by atoms with E-state index < -0.39 is 6.04 Å². The van der Waals surface area contributed by atoms with Crippen LogP contribution in [0.15, 0.2) is 24.3 Å². The largest absolute Gasteiger partial charge is 0.467 e. The fraction of sp³-hybridized carbons (Fsp3) is 0.429. The van der Waals surface area contributed by atoms with Gasteiger partial charge in [0.15, 0.2) is 0 Å². The molecular formula is C14H15NO3. The van der Waals surface area contributed by atoms with E-state index >= 15 is 0 Å². The first kappa shape index (κ1) is 11.3. The van der Waals surface area contributed by atoms with Crippen molar-refractivity contribution in [3.05, 3.63) is 35.4 Å². The lowest BCUT2D eigenvalue weighted by Gasteiger charge is -2.37. The Balaban J connectivity index is 2.06. The Labute approximate surface area is 106 Å². The monoisotopic (exact) mass is 245 g/mol. The number of hydrogen-bond acceptors (Lipinski definition) is 3. The molecule has 1 fully saturated rings. The van der Waals surface area contributed by atoms with Gasteiger partial charge in [0.2, 0.25) is 5.91 Å². The van der Waals surface area contributed by atoms with Gasteiger partial charge in [0.25, 0.3) is 0 Å². The second-order valence-corrected chi connectivity index (χ2v) is 4.80. The predicted octanol–water partition coefficient (Wildman–Crippen LogP) is 1.45. The molecular weight excluding hydrogens is 230 g/mol. The number of esters is 1. The van der Waals surface area contributed by atoms with Gasteiger partial charge < -0.3 is 9.64 Å². The first-order chi connectivity index (χ1) is 8.72. The van der Waals surface area contributed by atoms with E-state index in [0.717, 1.165) is 12.0 Å². The summed E-state index contributed by atoms with van der Waals surface area (Å²) in [6, 6.07) is 7.64. The molecule has 18 heavy (non-hydrogen) atoms. The number of fused-ring (bicyclic) bond motifs is 3. The van der Waals surface area contributed by atoms with E-state index in [1.807, 2.05) is 18.2 Å². The highest BCUT2D eigenvalue weighted by Crippen LogP contribution is 2.41. The minimum absolute atomic E-state index is 0.0477. The summed E-state index contributed by atoms with van der Waals surface area (Å²) >= 11 is 0. The molecule has 4 nitrogen and oxygen atoms in total. The van der Waals surface area contributed by atoms with Crippen molar-refractivity contribution in [3.63, 3.8) is 0 Å². The summed E-state index contributed by atoms with van der Waals surface area (Å²) in [6.07, 6.45) is 1.88. The molecule has 2 aliphatic rings. The normalized spacial score (nSPS) is 25.6. The Hall–Kier alpha value is -1.84. The summed E-state index contributed by atoms with van der Waals surface area (Å²) in [6.45, 7) is 0. The molecule has 0 unspecified atom stereocenters. The van der Waals surface area contributed by atoms with Crippen LogP contribution in [0, 0.1) is 0 Å². The number of nitrogens with zero attached hydrogens (tertiary/aromatic N) is 1. The van der Waals surface area contributed by atoms with Gasteiger partial charge in [0.1, 0.15) is 6.04 Å². The summed E-state index contributed by atoms with van der Waals surface area (Å²) in [5.41, 5.74) is 2.34. The van der Waals surface area contributed by atoms with E-state index in [1.165, 1.54) is 12.7 Å². The van der Waals surface area contributed by atoms with Crippen molar-refractivity contribution in [1.29, 1.82) is 0 Å². The Kier molecular flexibility index (Phi) is 2.58. The molecule has 0 spiro atoms. The Morgan fingerprint density at radius 1 is 1.39 bits per heavy atom. The molecule has 2 heterocycles. The van der Waals surface area contributed by atoms with Crippen molar-refractivity contribution in [2.45, 2.75) is 31.3 Å². The van der Waals surface area contributed by atoms with E-state index in [4.69, 9.17) is 4.74 Å². The minimum Gasteiger partial charge on any atom is -0.467 e. The maximum atomic E-state index is 12.0. The van der Waals surface area contributed by atoms with Crippen LogP contribution in [0.4, 0.5) is 0 Å². The lowest BCUT2D eigenvalue weighted by molar-refractivity contribution is -0.153. The van der Waals surface area contributed by atoms with Crippen LogP contribution in [-0.2, 0) is 20.7 Å². The first-order valence-corrected chi connectivity index (χ1v) is 6.19. The third-order valence-corrected chi connectivity index (χ3v) is 3.89. The summed E-state index contributed by atoms with van der Waals surface area (Å²) in [5.74, 6) is -0.255. The molecule has 0 saturated carbocycles. The molecule has 1 saturated heterocycles. The highest BCUT2D eigenvalue weighted by Gasteiger charge is 2.44. The van der Waals surface area contributed by atoms with Gasteiger partial charge in [0.05, 0.1) is 13.2 Å². The number of methoxy groups -OCH3 is 1. The summed E-state index contributed by atoms with van der Waals surface area (Å²) in [5, 5.41) is 0. The van der Waals surface area contributed by atoms with Gasteiger partial charge in [-0.15, -0.1) is 0 Å². The maximum Gasteiger partial charge on any atom is 0.328 e. The highest BCUT2D eigenvalue weighted by atomic mass is 16.5. The van der Waals surface area contributed by atoms with Crippen LogP contribution in [0.5, 0.6) is 0 Å². The van der Waals surface area contributed by atoms with E-state index in [9.17, 15) is 9.59 Å². The van der Waals surface area contributed by atoms with Gasteiger partial charge in [-0.3, -0.25) is 4.79 Å². The maximum absolute atomic E-state index is 12.0. The van der Waals surface area contributed by atoms with Crippen molar-refractivity contribution in [2.75, 3.05) is 7.11 Å². The van der Waals surface area contributed by atoms with Crippen molar-refractivity contribution >= 4 is 11.9 Å². The SMILES string of the molecule is COC(=O)[C@@H]1Cc2ccccc2[C@H]2CCC(=O)N21. The molecule has 4 heteroatoms. The third kappa shape index (κ3) is 1.52. The molecule has 0 aliphatic carbocycles. The number of amides is 1. The summed E-state index contributed by atoms with van der Waals surface area (Å²) in [7, 11) is 1.37. The molecule has 2 atom stereocenters. The zero-order chi connectivity index (χ0) is 12.7. The molecule has 3 rings (SSSR count).